The number of aryl methyl sites for hydroxylation is 1. The molecule has 0 unspecified atom stereocenters. The Morgan fingerprint density at radius 1 is 1.18 bits per heavy atom. The first-order valence-electron chi connectivity index (χ1n) is 5.48. The molecule has 0 aliphatic heterocycles. The van der Waals surface area contributed by atoms with E-state index in [1.54, 1.807) is 0 Å². The fraction of sp³-hybridized carbons (Fsp3) is 0.231. The molecule has 0 bridgehead atoms. The third-order valence-corrected chi connectivity index (χ3v) is 2.31. The lowest BCUT2D eigenvalue weighted by molar-refractivity contribution is 0.460. The number of nitrogens with one attached hydrogen (secondary N) is 1. The molecule has 1 aromatic heterocycles. The average Bonchev–Trinajstić information content (AvgIpc) is 2.32. The predicted molar refractivity (Wildman–Crippen MR) is 66.0 cm³/mol. The van der Waals surface area contributed by atoms with Crippen molar-refractivity contribution in [3.8, 4) is 11.6 Å². The largest absolute Gasteiger partial charge is 0.439 e. The lowest BCUT2D eigenvalue weighted by Gasteiger charge is -2.06. The van der Waals surface area contributed by atoms with E-state index in [2.05, 4.69) is 15.3 Å². The van der Waals surface area contributed by atoms with E-state index in [1.807, 2.05) is 44.3 Å². The monoisotopic (exact) mass is 229 g/mol. The summed E-state index contributed by atoms with van der Waals surface area (Å²) in [6.07, 6.45) is 1.50. The van der Waals surface area contributed by atoms with Crippen molar-refractivity contribution >= 4 is 0 Å². The maximum Gasteiger partial charge on any atom is 0.222 e. The van der Waals surface area contributed by atoms with Crippen LogP contribution < -0.4 is 10.1 Å². The van der Waals surface area contributed by atoms with Crippen LogP contribution in [0.2, 0.25) is 0 Å². The second-order valence-electron chi connectivity index (χ2n) is 3.77. The van der Waals surface area contributed by atoms with Gasteiger partial charge in [-0.3, -0.25) is 0 Å². The summed E-state index contributed by atoms with van der Waals surface area (Å²) in [6.45, 7) is 2.76. The van der Waals surface area contributed by atoms with Gasteiger partial charge in [0.1, 0.15) is 12.1 Å². The molecule has 0 aliphatic carbocycles. The zero-order valence-electron chi connectivity index (χ0n) is 9.97. The Labute approximate surface area is 101 Å². The summed E-state index contributed by atoms with van der Waals surface area (Å²) in [6, 6.07) is 9.73. The first kappa shape index (κ1) is 11.5. The summed E-state index contributed by atoms with van der Waals surface area (Å²) in [5, 5.41) is 3.10. The Hall–Kier alpha value is -1.94. The third-order valence-electron chi connectivity index (χ3n) is 2.31. The van der Waals surface area contributed by atoms with Crippen LogP contribution in [0.3, 0.4) is 0 Å². The molecular formula is C13H15N3O. The van der Waals surface area contributed by atoms with Crippen LogP contribution in [0.4, 0.5) is 0 Å². The van der Waals surface area contributed by atoms with E-state index in [-0.39, 0.29) is 0 Å². The number of nitrogens with zero attached hydrogens (tertiary/aromatic N) is 2. The van der Waals surface area contributed by atoms with E-state index in [0.717, 1.165) is 18.0 Å². The van der Waals surface area contributed by atoms with Crippen molar-refractivity contribution in [3.05, 3.63) is 47.9 Å². The number of ether oxygens (including phenoxy) is 1. The highest BCUT2D eigenvalue weighted by molar-refractivity contribution is 5.30. The van der Waals surface area contributed by atoms with E-state index in [4.69, 9.17) is 4.74 Å². The standard InChI is InChI=1S/C13H15N3O/c1-10-7-13(16-9-15-10)17-12-5-3-11(4-6-12)8-14-2/h3-7,9,14H,8H2,1-2H3. The molecule has 2 aromatic rings. The highest BCUT2D eigenvalue weighted by Gasteiger charge is 1.99. The van der Waals surface area contributed by atoms with Crippen molar-refractivity contribution in [3.63, 3.8) is 0 Å². The van der Waals surface area contributed by atoms with E-state index < -0.39 is 0 Å². The second-order valence-corrected chi connectivity index (χ2v) is 3.77. The van der Waals surface area contributed by atoms with Crippen LogP contribution in [0, 0.1) is 6.92 Å². The van der Waals surface area contributed by atoms with Crippen LogP contribution in [-0.2, 0) is 6.54 Å². The lowest BCUT2D eigenvalue weighted by Crippen LogP contribution is -2.04. The van der Waals surface area contributed by atoms with Crippen molar-refractivity contribution in [1.82, 2.24) is 15.3 Å². The zero-order valence-corrected chi connectivity index (χ0v) is 9.97. The Morgan fingerprint density at radius 2 is 1.94 bits per heavy atom. The summed E-state index contributed by atoms with van der Waals surface area (Å²) in [4.78, 5) is 8.07. The highest BCUT2D eigenvalue weighted by atomic mass is 16.5. The lowest BCUT2D eigenvalue weighted by atomic mass is 10.2. The van der Waals surface area contributed by atoms with Gasteiger partial charge in [-0.15, -0.1) is 0 Å². The molecule has 0 saturated heterocycles. The number of benzene rings is 1. The Morgan fingerprint density at radius 3 is 2.59 bits per heavy atom. The summed E-state index contributed by atoms with van der Waals surface area (Å²) < 4.78 is 5.62. The predicted octanol–water partition coefficient (Wildman–Crippen LogP) is 2.30. The van der Waals surface area contributed by atoms with E-state index in [9.17, 15) is 0 Å². The van der Waals surface area contributed by atoms with Gasteiger partial charge in [0.05, 0.1) is 0 Å². The Balaban J connectivity index is 2.08. The molecule has 4 nitrogen and oxygen atoms in total. The molecule has 0 atom stereocenters. The molecule has 4 heteroatoms. The fourth-order valence-electron chi connectivity index (χ4n) is 1.49. The van der Waals surface area contributed by atoms with Gasteiger partial charge in [-0.05, 0) is 31.7 Å². The molecule has 88 valence electrons. The molecule has 17 heavy (non-hydrogen) atoms. The normalized spacial score (nSPS) is 10.2. The van der Waals surface area contributed by atoms with Crippen LogP contribution in [0.5, 0.6) is 11.6 Å². The molecule has 1 aromatic carbocycles. The van der Waals surface area contributed by atoms with Crippen LogP contribution in [-0.4, -0.2) is 17.0 Å². The first-order valence-corrected chi connectivity index (χ1v) is 5.48. The first-order chi connectivity index (χ1) is 8.28. The Kier molecular flexibility index (Phi) is 3.67. The molecular weight excluding hydrogens is 214 g/mol. The van der Waals surface area contributed by atoms with Gasteiger partial charge in [0, 0.05) is 18.3 Å². The zero-order chi connectivity index (χ0) is 12.1. The second kappa shape index (κ2) is 5.41. The van der Waals surface area contributed by atoms with Crippen molar-refractivity contribution in [2.24, 2.45) is 0 Å². The number of hydrogen-bond acceptors (Lipinski definition) is 4. The van der Waals surface area contributed by atoms with Gasteiger partial charge in [0.25, 0.3) is 0 Å². The highest BCUT2D eigenvalue weighted by Crippen LogP contribution is 2.19. The quantitative estimate of drug-likeness (QED) is 0.873. The van der Waals surface area contributed by atoms with Crippen molar-refractivity contribution in [1.29, 1.82) is 0 Å². The average molecular weight is 229 g/mol. The Bertz CT molecular complexity index is 482. The number of aromatic nitrogens is 2. The molecule has 1 heterocycles. The van der Waals surface area contributed by atoms with Gasteiger partial charge in [0.2, 0.25) is 5.88 Å². The molecule has 0 amide bonds. The molecule has 0 spiro atoms. The van der Waals surface area contributed by atoms with Gasteiger partial charge in [-0.25, -0.2) is 9.97 Å². The van der Waals surface area contributed by atoms with E-state index >= 15 is 0 Å². The number of rotatable bonds is 4. The van der Waals surface area contributed by atoms with Gasteiger partial charge in [-0.2, -0.15) is 0 Å². The van der Waals surface area contributed by atoms with Crippen LogP contribution >= 0.6 is 0 Å². The summed E-state index contributed by atoms with van der Waals surface area (Å²) >= 11 is 0. The minimum absolute atomic E-state index is 0.568. The summed E-state index contributed by atoms with van der Waals surface area (Å²) in [5.74, 6) is 1.35. The third kappa shape index (κ3) is 3.26. The van der Waals surface area contributed by atoms with Gasteiger partial charge in [-0.1, -0.05) is 12.1 Å². The molecule has 2 rings (SSSR count). The van der Waals surface area contributed by atoms with Crippen molar-refractivity contribution in [2.45, 2.75) is 13.5 Å². The number of hydrogen-bond donors (Lipinski definition) is 1. The van der Waals surface area contributed by atoms with Gasteiger partial charge >= 0.3 is 0 Å². The maximum atomic E-state index is 5.62. The molecule has 0 radical (unpaired) electrons. The van der Waals surface area contributed by atoms with Gasteiger partial charge in [0.15, 0.2) is 0 Å². The van der Waals surface area contributed by atoms with Crippen LogP contribution in [0.1, 0.15) is 11.3 Å². The molecule has 1 N–H and O–H groups in total. The van der Waals surface area contributed by atoms with Gasteiger partial charge < -0.3 is 10.1 Å². The minimum Gasteiger partial charge on any atom is -0.439 e. The van der Waals surface area contributed by atoms with Crippen molar-refractivity contribution in [2.75, 3.05) is 7.05 Å². The molecule has 0 fully saturated rings. The van der Waals surface area contributed by atoms with E-state index in [1.165, 1.54) is 11.9 Å². The maximum absolute atomic E-state index is 5.62. The molecule has 0 aliphatic rings. The smallest absolute Gasteiger partial charge is 0.222 e. The fourth-order valence-corrected chi connectivity index (χ4v) is 1.49. The summed E-state index contributed by atoms with van der Waals surface area (Å²) in [7, 11) is 1.92. The summed E-state index contributed by atoms with van der Waals surface area (Å²) in [5.41, 5.74) is 2.11. The molecule has 0 saturated carbocycles. The SMILES string of the molecule is CNCc1ccc(Oc2cc(C)ncn2)cc1. The van der Waals surface area contributed by atoms with Crippen LogP contribution in [0.15, 0.2) is 36.7 Å². The van der Waals surface area contributed by atoms with E-state index in [0.29, 0.717) is 5.88 Å². The van der Waals surface area contributed by atoms with Crippen molar-refractivity contribution < 1.29 is 4.74 Å². The topological polar surface area (TPSA) is 47.0 Å². The minimum atomic E-state index is 0.568. The van der Waals surface area contributed by atoms with Crippen LogP contribution in [0.25, 0.3) is 0 Å².